The number of anilines is 1. The van der Waals surface area contributed by atoms with Crippen LogP contribution in [0.15, 0.2) is 23.8 Å². The van der Waals surface area contributed by atoms with Crippen LogP contribution in [0.3, 0.4) is 0 Å². The van der Waals surface area contributed by atoms with E-state index >= 15 is 0 Å². The highest BCUT2D eigenvalue weighted by Gasteiger charge is 2.17. The second kappa shape index (κ2) is 8.23. The van der Waals surface area contributed by atoms with E-state index in [1.807, 2.05) is 12.1 Å². The first-order chi connectivity index (χ1) is 10.5. The SMILES string of the molecule is CNc1cc(C#N)ccc1/C=C(/C(C)=O)C(=O)OCCC#N. The number of carbonyl (C=O) groups is 2. The van der Waals surface area contributed by atoms with E-state index in [0.717, 1.165) is 0 Å². The van der Waals surface area contributed by atoms with Gasteiger partial charge in [-0.05, 0) is 30.7 Å². The quantitative estimate of drug-likeness (QED) is 0.283. The second-order valence-corrected chi connectivity index (χ2v) is 4.32. The molecular weight excluding hydrogens is 282 g/mol. The second-order valence-electron chi connectivity index (χ2n) is 4.32. The van der Waals surface area contributed by atoms with E-state index in [-0.39, 0.29) is 18.6 Å². The van der Waals surface area contributed by atoms with Gasteiger partial charge in [0.1, 0.15) is 12.2 Å². The first-order valence-corrected chi connectivity index (χ1v) is 6.52. The molecule has 0 aliphatic carbocycles. The van der Waals surface area contributed by atoms with Gasteiger partial charge in [0, 0.05) is 12.7 Å². The largest absolute Gasteiger partial charge is 0.461 e. The lowest BCUT2D eigenvalue weighted by atomic mass is 10.0. The maximum absolute atomic E-state index is 11.9. The van der Waals surface area contributed by atoms with Crippen molar-refractivity contribution in [2.45, 2.75) is 13.3 Å². The van der Waals surface area contributed by atoms with Crippen molar-refractivity contribution in [1.29, 1.82) is 10.5 Å². The van der Waals surface area contributed by atoms with Gasteiger partial charge in [-0.2, -0.15) is 10.5 Å². The third-order valence-electron chi connectivity index (χ3n) is 2.80. The molecule has 1 N–H and O–H groups in total. The lowest BCUT2D eigenvalue weighted by Crippen LogP contribution is -2.14. The predicted octanol–water partition coefficient (Wildman–Crippen LogP) is 2.03. The number of ketones is 1. The van der Waals surface area contributed by atoms with Crippen LogP contribution in [0.2, 0.25) is 0 Å². The van der Waals surface area contributed by atoms with Gasteiger partial charge in [-0.3, -0.25) is 4.79 Å². The lowest BCUT2D eigenvalue weighted by Gasteiger charge is -2.08. The van der Waals surface area contributed by atoms with Gasteiger partial charge in [-0.25, -0.2) is 4.79 Å². The molecular formula is C16H15N3O3. The number of benzene rings is 1. The zero-order valence-electron chi connectivity index (χ0n) is 12.3. The van der Waals surface area contributed by atoms with E-state index in [0.29, 0.717) is 16.8 Å². The van der Waals surface area contributed by atoms with Gasteiger partial charge >= 0.3 is 5.97 Å². The van der Waals surface area contributed by atoms with E-state index in [1.165, 1.54) is 13.0 Å². The van der Waals surface area contributed by atoms with Gasteiger partial charge in [0.05, 0.1) is 24.1 Å². The fourth-order valence-corrected chi connectivity index (χ4v) is 1.70. The molecule has 0 atom stereocenters. The maximum atomic E-state index is 11.9. The van der Waals surface area contributed by atoms with Gasteiger partial charge in [-0.1, -0.05) is 6.07 Å². The van der Waals surface area contributed by atoms with Crippen molar-refractivity contribution in [2.75, 3.05) is 19.0 Å². The first kappa shape index (κ1) is 16.9. The molecule has 0 spiro atoms. The molecule has 0 aliphatic rings. The fraction of sp³-hybridized carbons (Fsp3) is 0.250. The van der Waals surface area contributed by atoms with Crippen molar-refractivity contribution in [2.24, 2.45) is 0 Å². The molecule has 112 valence electrons. The third kappa shape index (κ3) is 4.46. The summed E-state index contributed by atoms with van der Waals surface area (Å²) in [5, 5.41) is 20.2. The monoisotopic (exact) mass is 297 g/mol. The Morgan fingerprint density at radius 1 is 1.36 bits per heavy atom. The van der Waals surface area contributed by atoms with E-state index < -0.39 is 11.8 Å². The van der Waals surface area contributed by atoms with Gasteiger partial charge in [0.15, 0.2) is 5.78 Å². The zero-order chi connectivity index (χ0) is 16.5. The maximum Gasteiger partial charge on any atom is 0.341 e. The molecule has 0 saturated carbocycles. The minimum atomic E-state index is -0.769. The highest BCUT2D eigenvalue weighted by molar-refractivity contribution is 6.20. The molecule has 0 amide bonds. The van der Waals surface area contributed by atoms with Gasteiger partial charge < -0.3 is 10.1 Å². The number of nitrogens with one attached hydrogen (secondary N) is 1. The number of rotatable bonds is 6. The van der Waals surface area contributed by atoms with Crippen molar-refractivity contribution in [3.05, 3.63) is 34.9 Å². The molecule has 0 unspecified atom stereocenters. The number of esters is 1. The van der Waals surface area contributed by atoms with Crippen LogP contribution in [0.5, 0.6) is 0 Å². The van der Waals surface area contributed by atoms with Crippen LogP contribution in [0.25, 0.3) is 6.08 Å². The number of nitrogens with zero attached hydrogens (tertiary/aromatic N) is 2. The molecule has 6 heteroatoms. The lowest BCUT2D eigenvalue weighted by molar-refractivity contribution is -0.140. The van der Waals surface area contributed by atoms with E-state index in [4.69, 9.17) is 15.3 Å². The average molecular weight is 297 g/mol. The molecule has 6 nitrogen and oxygen atoms in total. The minimum Gasteiger partial charge on any atom is -0.461 e. The molecule has 0 heterocycles. The highest BCUT2D eigenvalue weighted by Crippen LogP contribution is 2.21. The van der Waals surface area contributed by atoms with Crippen LogP contribution >= 0.6 is 0 Å². The van der Waals surface area contributed by atoms with Crippen molar-refractivity contribution in [3.8, 4) is 12.1 Å². The summed E-state index contributed by atoms with van der Waals surface area (Å²) in [6.07, 6.45) is 1.47. The van der Waals surface area contributed by atoms with Crippen LogP contribution in [0.4, 0.5) is 5.69 Å². The predicted molar refractivity (Wildman–Crippen MR) is 80.6 cm³/mol. The molecule has 1 aromatic rings. The Hall–Kier alpha value is -3.12. The molecule has 1 rings (SSSR count). The number of nitriles is 2. The van der Waals surface area contributed by atoms with Gasteiger partial charge in [-0.15, -0.1) is 0 Å². The van der Waals surface area contributed by atoms with Crippen molar-refractivity contribution in [1.82, 2.24) is 0 Å². The number of hydrogen-bond donors (Lipinski definition) is 1. The number of Topliss-reactive ketones (excluding diaryl/α,β-unsaturated/α-hetero) is 1. The van der Waals surface area contributed by atoms with Crippen LogP contribution in [0.1, 0.15) is 24.5 Å². The summed E-state index contributed by atoms with van der Waals surface area (Å²) in [6.45, 7) is 1.20. The number of hydrogen-bond acceptors (Lipinski definition) is 6. The average Bonchev–Trinajstić information content (AvgIpc) is 2.52. The van der Waals surface area contributed by atoms with Crippen LogP contribution in [0, 0.1) is 22.7 Å². The molecule has 1 aromatic carbocycles. The molecule has 0 radical (unpaired) electrons. The summed E-state index contributed by atoms with van der Waals surface area (Å²) in [5.74, 6) is -1.21. The van der Waals surface area contributed by atoms with E-state index in [1.54, 1.807) is 25.2 Å². The zero-order valence-corrected chi connectivity index (χ0v) is 12.3. The minimum absolute atomic E-state index is 0.0633. The summed E-state index contributed by atoms with van der Waals surface area (Å²) in [5.41, 5.74) is 1.55. The number of carbonyl (C=O) groups excluding carboxylic acids is 2. The Bertz CT molecular complexity index is 694. The standard InChI is InChI=1S/C16H15N3O3/c1-11(20)14(16(21)22-7-3-6-17)9-13-5-4-12(10-18)8-15(13)19-2/h4-5,8-9,19H,3,7H2,1-2H3/b14-9-. The van der Waals surface area contributed by atoms with Crippen molar-refractivity contribution < 1.29 is 14.3 Å². The summed E-state index contributed by atoms with van der Waals surface area (Å²) in [7, 11) is 1.67. The van der Waals surface area contributed by atoms with Gasteiger partial charge in [0.25, 0.3) is 0 Å². The molecule has 0 aliphatic heterocycles. The Kier molecular flexibility index (Phi) is 6.33. The van der Waals surface area contributed by atoms with Crippen LogP contribution in [-0.4, -0.2) is 25.4 Å². The molecule has 0 saturated heterocycles. The Morgan fingerprint density at radius 2 is 2.09 bits per heavy atom. The number of ether oxygens (including phenoxy) is 1. The molecule has 22 heavy (non-hydrogen) atoms. The molecule has 0 aromatic heterocycles. The van der Waals surface area contributed by atoms with E-state index in [9.17, 15) is 9.59 Å². The summed E-state index contributed by atoms with van der Waals surface area (Å²) in [4.78, 5) is 23.5. The van der Waals surface area contributed by atoms with Crippen LogP contribution < -0.4 is 5.32 Å². The van der Waals surface area contributed by atoms with Crippen molar-refractivity contribution in [3.63, 3.8) is 0 Å². The third-order valence-corrected chi connectivity index (χ3v) is 2.80. The first-order valence-electron chi connectivity index (χ1n) is 6.52. The normalized spacial score (nSPS) is 10.3. The van der Waals surface area contributed by atoms with Crippen molar-refractivity contribution >= 4 is 23.5 Å². The Morgan fingerprint density at radius 3 is 2.64 bits per heavy atom. The highest BCUT2D eigenvalue weighted by atomic mass is 16.5. The Labute approximate surface area is 128 Å². The summed E-state index contributed by atoms with van der Waals surface area (Å²) >= 11 is 0. The summed E-state index contributed by atoms with van der Waals surface area (Å²) in [6, 6.07) is 8.70. The van der Waals surface area contributed by atoms with E-state index in [2.05, 4.69) is 5.32 Å². The smallest absolute Gasteiger partial charge is 0.341 e. The van der Waals surface area contributed by atoms with Crippen LogP contribution in [-0.2, 0) is 14.3 Å². The van der Waals surface area contributed by atoms with Gasteiger partial charge in [0.2, 0.25) is 0 Å². The molecule has 0 fully saturated rings. The Balaban J connectivity index is 3.14. The summed E-state index contributed by atoms with van der Waals surface area (Å²) < 4.78 is 4.87. The topological polar surface area (TPSA) is 103 Å². The fourth-order valence-electron chi connectivity index (χ4n) is 1.70. The molecule has 0 bridgehead atoms.